The quantitative estimate of drug-likeness (QED) is 0.786. The molecule has 0 aliphatic heterocycles. The van der Waals surface area contributed by atoms with E-state index in [0.29, 0.717) is 11.6 Å². The summed E-state index contributed by atoms with van der Waals surface area (Å²) in [6, 6.07) is 5.37. The van der Waals surface area contributed by atoms with E-state index in [1.165, 1.54) is 11.0 Å². The van der Waals surface area contributed by atoms with Crippen LogP contribution in [0.25, 0.3) is 0 Å². The zero-order chi connectivity index (χ0) is 11.5. The summed E-state index contributed by atoms with van der Waals surface area (Å²) in [5.41, 5.74) is 5.96. The summed E-state index contributed by atoms with van der Waals surface area (Å²) >= 11 is 4.81. The van der Waals surface area contributed by atoms with Crippen molar-refractivity contribution in [1.82, 2.24) is 19.7 Å². The number of hydrogen-bond acceptors (Lipinski definition) is 5. The highest BCUT2D eigenvalue weighted by Gasteiger charge is 2.05. The van der Waals surface area contributed by atoms with Crippen LogP contribution in [0.2, 0.25) is 0 Å². The van der Waals surface area contributed by atoms with Gasteiger partial charge in [0.05, 0.1) is 0 Å². The molecular formula is C9H9N5OS. The molecule has 0 bridgehead atoms. The number of thiocarbonyl (C=S) groups is 1. The first-order valence-corrected chi connectivity index (χ1v) is 4.86. The second-order valence-corrected chi connectivity index (χ2v) is 3.47. The van der Waals surface area contributed by atoms with Gasteiger partial charge in [0.15, 0.2) is 0 Å². The first-order valence-electron chi connectivity index (χ1n) is 4.45. The number of ether oxygens (including phenoxy) is 1. The molecule has 7 heteroatoms. The molecule has 2 aromatic rings. The van der Waals surface area contributed by atoms with Gasteiger partial charge in [-0.3, -0.25) is 4.68 Å². The van der Waals surface area contributed by atoms with Crippen molar-refractivity contribution in [3.63, 3.8) is 0 Å². The maximum atomic E-state index is 5.46. The Morgan fingerprint density at radius 3 is 2.94 bits per heavy atom. The summed E-state index contributed by atoms with van der Waals surface area (Å²) in [5, 5.41) is 3.96. The molecule has 0 aliphatic carbocycles. The third-order valence-corrected chi connectivity index (χ3v) is 1.96. The van der Waals surface area contributed by atoms with Crippen LogP contribution in [0.5, 0.6) is 11.9 Å². The first-order chi connectivity index (χ1) is 7.65. The predicted octanol–water partition coefficient (Wildman–Crippen LogP) is 0.637. The maximum absolute atomic E-state index is 5.46. The highest BCUT2D eigenvalue weighted by atomic mass is 32.1. The van der Waals surface area contributed by atoms with Crippen LogP contribution in [0.3, 0.4) is 0 Å². The molecule has 16 heavy (non-hydrogen) atoms. The number of nitrogens with two attached hydrogens (primary N) is 1. The van der Waals surface area contributed by atoms with E-state index in [-0.39, 0.29) is 11.0 Å². The summed E-state index contributed by atoms with van der Waals surface area (Å²) < 4.78 is 6.86. The summed E-state index contributed by atoms with van der Waals surface area (Å²) in [6.45, 7) is 0. The lowest BCUT2D eigenvalue weighted by molar-refractivity contribution is 0.422. The van der Waals surface area contributed by atoms with Crippen molar-refractivity contribution in [2.45, 2.75) is 0 Å². The van der Waals surface area contributed by atoms with E-state index in [1.807, 2.05) is 0 Å². The van der Waals surface area contributed by atoms with Gasteiger partial charge in [-0.1, -0.05) is 18.3 Å². The van der Waals surface area contributed by atoms with E-state index in [2.05, 4.69) is 15.1 Å². The standard InChI is InChI=1S/C9H9N5OS/c1-14-5-11-9(13-14)15-7-4-2-3-6(12-7)8(10)16/h2-5H,1H3,(H2,10,16). The smallest absolute Gasteiger partial charge is 0.342 e. The van der Waals surface area contributed by atoms with Crippen LogP contribution in [-0.4, -0.2) is 24.7 Å². The lowest BCUT2D eigenvalue weighted by atomic mass is 10.3. The van der Waals surface area contributed by atoms with Gasteiger partial charge >= 0.3 is 6.01 Å². The van der Waals surface area contributed by atoms with Gasteiger partial charge in [0, 0.05) is 13.1 Å². The zero-order valence-electron chi connectivity index (χ0n) is 8.49. The minimum Gasteiger partial charge on any atom is -0.404 e. The molecule has 2 heterocycles. The van der Waals surface area contributed by atoms with Crippen molar-refractivity contribution in [3.8, 4) is 11.9 Å². The van der Waals surface area contributed by atoms with Crippen molar-refractivity contribution in [2.24, 2.45) is 12.8 Å². The molecule has 0 atom stereocenters. The summed E-state index contributed by atoms with van der Waals surface area (Å²) in [7, 11) is 1.75. The Balaban J connectivity index is 2.21. The maximum Gasteiger partial charge on any atom is 0.342 e. The van der Waals surface area contributed by atoms with Crippen LogP contribution in [0.4, 0.5) is 0 Å². The summed E-state index contributed by atoms with van der Waals surface area (Å²) in [6.07, 6.45) is 1.53. The average molecular weight is 235 g/mol. The summed E-state index contributed by atoms with van der Waals surface area (Å²) in [5.74, 6) is 0.358. The first kappa shape index (κ1) is 10.5. The van der Waals surface area contributed by atoms with Crippen LogP contribution < -0.4 is 10.5 Å². The Hall–Kier alpha value is -2.02. The molecule has 6 nitrogen and oxygen atoms in total. The third-order valence-electron chi connectivity index (χ3n) is 1.75. The van der Waals surface area contributed by atoms with E-state index >= 15 is 0 Å². The van der Waals surface area contributed by atoms with Gasteiger partial charge in [0.25, 0.3) is 0 Å². The molecule has 2 N–H and O–H groups in total. The van der Waals surface area contributed by atoms with Crippen molar-refractivity contribution >= 4 is 17.2 Å². The van der Waals surface area contributed by atoms with Gasteiger partial charge in [0.1, 0.15) is 17.0 Å². The molecule has 0 fully saturated rings. The van der Waals surface area contributed by atoms with Crippen molar-refractivity contribution in [1.29, 1.82) is 0 Å². The van der Waals surface area contributed by atoms with Crippen molar-refractivity contribution < 1.29 is 4.74 Å². The number of rotatable bonds is 3. The molecule has 0 unspecified atom stereocenters. The Labute approximate surface area is 97.1 Å². The molecule has 0 aliphatic rings. The molecule has 0 radical (unpaired) electrons. The molecule has 2 rings (SSSR count). The third kappa shape index (κ3) is 2.31. The number of aromatic nitrogens is 4. The number of aryl methyl sites for hydroxylation is 1. The topological polar surface area (TPSA) is 78.9 Å². The Bertz CT molecular complexity index is 524. The van der Waals surface area contributed by atoms with Crippen LogP contribution in [0.1, 0.15) is 5.69 Å². The van der Waals surface area contributed by atoms with E-state index in [1.54, 1.807) is 25.2 Å². The van der Waals surface area contributed by atoms with Crippen LogP contribution in [-0.2, 0) is 7.05 Å². The summed E-state index contributed by atoms with van der Waals surface area (Å²) in [4.78, 5) is 8.23. The van der Waals surface area contributed by atoms with Crippen LogP contribution in [0.15, 0.2) is 24.5 Å². The van der Waals surface area contributed by atoms with Gasteiger partial charge < -0.3 is 10.5 Å². The number of nitrogens with zero attached hydrogens (tertiary/aromatic N) is 4. The Morgan fingerprint density at radius 1 is 1.50 bits per heavy atom. The largest absolute Gasteiger partial charge is 0.404 e. The molecule has 0 spiro atoms. The Kier molecular flexibility index (Phi) is 2.78. The van der Waals surface area contributed by atoms with Gasteiger partial charge in [-0.05, 0) is 6.07 Å². The van der Waals surface area contributed by atoms with Gasteiger partial charge in [-0.2, -0.15) is 4.98 Å². The van der Waals surface area contributed by atoms with Crippen molar-refractivity contribution in [3.05, 3.63) is 30.2 Å². The van der Waals surface area contributed by atoms with Gasteiger partial charge in [0.2, 0.25) is 5.88 Å². The molecule has 2 aromatic heterocycles. The van der Waals surface area contributed by atoms with Gasteiger partial charge in [-0.15, -0.1) is 5.10 Å². The van der Waals surface area contributed by atoms with E-state index in [9.17, 15) is 0 Å². The van der Waals surface area contributed by atoms with E-state index < -0.39 is 0 Å². The number of pyridine rings is 1. The van der Waals surface area contributed by atoms with Crippen LogP contribution >= 0.6 is 12.2 Å². The molecular weight excluding hydrogens is 226 g/mol. The fourth-order valence-corrected chi connectivity index (χ4v) is 1.18. The predicted molar refractivity (Wildman–Crippen MR) is 61.2 cm³/mol. The van der Waals surface area contributed by atoms with Crippen LogP contribution in [0, 0.1) is 0 Å². The minimum atomic E-state index is 0.222. The number of hydrogen-bond donors (Lipinski definition) is 1. The highest BCUT2D eigenvalue weighted by molar-refractivity contribution is 7.80. The molecule has 82 valence electrons. The second kappa shape index (κ2) is 4.23. The molecule has 0 aromatic carbocycles. The highest BCUT2D eigenvalue weighted by Crippen LogP contribution is 2.14. The monoisotopic (exact) mass is 235 g/mol. The lowest BCUT2D eigenvalue weighted by Gasteiger charge is -2.01. The minimum absolute atomic E-state index is 0.222. The fraction of sp³-hybridized carbons (Fsp3) is 0.111. The SMILES string of the molecule is Cn1cnc(Oc2cccc(C(N)=S)n2)n1. The molecule has 0 saturated heterocycles. The van der Waals surface area contributed by atoms with E-state index in [4.69, 9.17) is 22.7 Å². The van der Waals surface area contributed by atoms with Crippen molar-refractivity contribution in [2.75, 3.05) is 0 Å². The average Bonchev–Trinajstić information content (AvgIpc) is 2.64. The molecule has 0 amide bonds. The Morgan fingerprint density at radius 2 is 2.31 bits per heavy atom. The van der Waals surface area contributed by atoms with Gasteiger partial charge in [-0.25, -0.2) is 4.98 Å². The normalized spacial score (nSPS) is 10.1. The van der Waals surface area contributed by atoms with E-state index in [0.717, 1.165) is 0 Å². The zero-order valence-corrected chi connectivity index (χ0v) is 9.31. The molecule has 0 saturated carbocycles. The fourth-order valence-electron chi connectivity index (χ4n) is 1.07. The lowest BCUT2D eigenvalue weighted by Crippen LogP contribution is -2.11. The second-order valence-electron chi connectivity index (χ2n) is 3.03.